The van der Waals surface area contributed by atoms with E-state index in [9.17, 15) is 9.59 Å². The number of aromatic amines is 2. The van der Waals surface area contributed by atoms with Gasteiger partial charge in [-0.05, 0) is 11.6 Å². The molecular formula is C11H7ClN4O2S2. The van der Waals surface area contributed by atoms with Crippen molar-refractivity contribution in [3.8, 4) is 0 Å². The summed E-state index contributed by atoms with van der Waals surface area (Å²) in [5.41, 5.74) is 0.356. The summed E-state index contributed by atoms with van der Waals surface area (Å²) in [5.74, 6) is 0.659. The van der Waals surface area contributed by atoms with Crippen LogP contribution in [0.3, 0.4) is 0 Å². The molecule has 3 rings (SSSR count). The second kappa shape index (κ2) is 5.39. The Morgan fingerprint density at radius 1 is 1.30 bits per heavy atom. The molecule has 9 heteroatoms. The van der Waals surface area contributed by atoms with E-state index in [1.807, 2.05) is 6.07 Å². The van der Waals surface area contributed by atoms with Crippen molar-refractivity contribution in [2.24, 2.45) is 0 Å². The maximum absolute atomic E-state index is 11.6. The fraction of sp³-hybridized carbons (Fsp3) is 0.0909. The van der Waals surface area contributed by atoms with E-state index in [1.54, 1.807) is 12.3 Å². The van der Waals surface area contributed by atoms with Crippen molar-refractivity contribution in [2.75, 3.05) is 0 Å². The van der Waals surface area contributed by atoms with Crippen LogP contribution in [-0.2, 0) is 5.75 Å². The Bertz CT molecular complexity index is 869. The smallest absolute Gasteiger partial charge is 0.291 e. The van der Waals surface area contributed by atoms with Crippen molar-refractivity contribution in [1.82, 2.24) is 19.9 Å². The first-order chi connectivity index (χ1) is 9.61. The predicted molar refractivity (Wildman–Crippen MR) is 79.7 cm³/mol. The van der Waals surface area contributed by atoms with Gasteiger partial charge >= 0.3 is 5.69 Å². The normalized spacial score (nSPS) is 11.1. The third-order valence-electron chi connectivity index (χ3n) is 2.42. The maximum atomic E-state index is 11.6. The van der Waals surface area contributed by atoms with E-state index in [0.29, 0.717) is 25.6 Å². The lowest BCUT2D eigenvalue weighted by molar-refractivity contribution is 1.06. The number of rotatable bonds is 3. The van der Waals surface area contributed by atoms with Crippen molar-refractivity contribution >= 4 is 45.0 Å². The number of aromatic nitrogens is 4. The highest BCUT2D eigenvalue weighted by Gasteiger charge is 2.09. The van der Waals surface area contributed by atoms with Gasteiger partial charge in [0.2, 0.25) is 0 Å². The van der Waals surface area contributed by atoms with Crippen LogP contribution in [-0.4, -0.2) is 19.9 Å². The molecule has 0 bridgehead atoms. The van der Waals surface area contributed by atoms with Crippen LogP contribution in [0.15, 0.2) is 32.3 Å². The van der Waals surface area contributed by atoms with Gasteiger partial charge in [0.25, 0.3) is 5.56 Å². The lowest BCUT2D eigenvalue weighted by Gasteiger charge is -1.97. The van der Waals surface area contributed by atoms with E-state index >= 15 is 0 Å². The molecule has 0 amide bonds. The van der Waals surface area contributed by atoms with Gasteiger partial charge in [0, 0.05) is 11.9 Å². The molecule has 3 heterocycles. The van der Waals surface area contributed by atoms with Gasteiger partial charge in [-0.25, -0.2) is 14.8 Å². The minimum Gasteiger partial charge on any atom is -0.291 e. The molecule has 0 aliphatic rings. The van der Waals surface area contributed by atoms with Crippen LogP contribution in [0.5, 0.6) is 0 Å². The van der Waals surface area contributed by atoms with Crippen LogP contribution >= 0.6 is 34.7 Å². The van der Waals surface area contributed by atoms with Gasteiger partial charge in [0.15, 0.2) is 9.99 Å². The molecule has 0 aliphatic heterocycles. The van der Waals surface area contributed by atoms with Gasteiger partial charge in [-0.2, -0.15) is 0 Å². The van der Waals surface area contributed by atoms with Crippen molar-refractivity contribution in [1.29, 1.82) is 0 Å². The molecule has 0 atom stereocenters. The van der Waals surface area contributed by atoms with E-state index in [2.05, 4.69) is 19.9 Å². The molecule has 0 saturated carbocycles. The number of nitrogens with one attached hydrogen (secondary N) is 2. The minimum atomic E-state index is -0.550. The Balaban J connectivity index is 1.84. The van der Waals surface area contributed by atoms with Crippen molar-refractivity contribution in [3.05, 3.63) is 49.9 Å². The summed E-state index contributed by atoms with van der Waals surface area (Å²) in [6.07, 6.45) is 1.69. The second-order valence-electron chi connectivity index (χ2n) is 3.84. The number of thiazole rings is 1. The van der Waals surface area contributed by atoms with Crippen molar-refractivity contribution < 1.29 is 0 Å². The van der Waals surface area contributed by atoms with Crippen molar-refractivity contribution in [2.45, 2.75) is 10.1 Å². The van der Waals surface area contributed by atoms with Gasteiger partial charge in [-0.15, -0.1) is 11.3 Å². The number of thioether (sulfide) groups is 1. The molecule has 3 aromatic rings. The monoisotopic (exact) mass is 326 g/mol. The zero-order chi connectivity index (χ0) is 14.1. The lowest BCUT2D eigenvalue weighted by atomic mass is 10.3. The summed E-state index contributed by atoms with van der Waals surface area (Å²) in [6, 6.07) is 3.60. The standard InChI is InChI=1S/C11H7ClN4O2S2/c12-6-2-1-5(3-13-6)4-19-11-15-8-7(20-11)9(17)16-10(18)14-8/h1-3H,4H2,(H2,14,16,17,18). The van der Waals surface area contributed by atoms with E-state index in [-0.39, 0.29) is 0 Å². The Labute approximate surface area is 125 Å². The number of pyridine rings is 1. The third kappa shape index (κ3) is 2.77. The van der Waals surface area contributed by atoms with E-state index < -0.39 is 11.2 Å². The minimum absolute atomic E-state index is 0.320. The van der Waals surface area contributed by atoms with Gasteiger partial charge in [-0.3, -0.25) is 14.8 Å². The number of nitrogens with zero attached hydrogens (tertiary/aromatic N) is 2. The summed E-state index contributed by atoms with van der Waals surface area (Å²) in [5, 5.41) is 0.447. The second-order valence-corrected chi connectivity index (χ2v) is 6.45. The van der Waals surface area contributed by atoms with Crippen LogP contribution in [0.2, 0.25) is 5.15 Å². The first-order valence-electron chi connectivity index (χ1n) is 5.48. The highest BCUT2D eigenvalue weighted by atomic mass is 35.5. The van der Waals surface area contributed by atoms with Crippen LogP contribution < -0.4 is 11.2 Å². The summed E-state index contributed by atoms with van der Waals surface area (Å²) in [7, 11) is 0. The number of halogens is 1. The third-order valence-corrected chi connectivity index (χ3v) is 4.92. The lowest BCUT2D eigenvalue weighted by Crippen LogP contribution is -2.20. The molecule has 0 saturated heterocycles. The van der Waals surface area contributed by atoms with Gasteiger partial charge < -0.3 is 0 Å². The number of hydrogen-bond donors (Lipinski definition) is 2. The zero-order valence-electron chi connectivity index (χ0n) is 9.84. The van der Waals surface area contributed by atoms with Gasteiger partial charge in [-0.1, -0.05) is 29.4 Å². The van der Waals surface area contributed by atoms with E-state index in [1.165, 1.54) is 23.1 Å². The highest BCUT2D eigenvalue weighted by molar-refractivity contribution is 8.00. The number of hydrogen-bond acceptors (Lipinski definition) is 6. The Hall–Kier alpha value is -1.64. The summed E-state index contributed by atoms with van der Waals surface area (Å²) >= 11 is 8.43. The van der Waals surface area contributed by atoms with Gasteiger partial charge in [0.05, 0.1) is 0 Å². The molecule has 0 aromatic carbocycles. The molecular weight excluding hydrogens is 320 g/mol. The summed E-state index contributed by atoms with van der Waals surface area (Å²) in [4.78, 5) is 35.6. The fourth-order valence-electron chi connectivity index (χ4n) is 1.54. The molecule has 2 N–H and O–H groups in total. The molecule has 6 nitrogen and oxygen atoms in total. The van der Waals surface area contributed by atoms with Crippen LogP contribution in [0.25, 0.3) is 10.3 Å². The first kappa shape index (κ1) is 13.3. The fourth-order valence-corrected chi connectivity index (χ4v) is 3.58. The highest BCUT2D eigenvalue weighted by Crippen LogP contribution is 2.28. The zero-order valence-corrected chi connectivity index (χ0v) is 12.2. The van der Waals surface area contributed by atoms with Gasteiger partial charge in [0.1, 0.15) is 9.85 Å². The van der Waals surface area contributed by atoms with Crippen LogP contribution in [0, 0.1) is 0 Å². The molecule has 102 valence electrons. The number of fused-ring (bicyclic) bond motifs is 1. The maximum Gasteiger partial charge on any atom is 0.327 e. The summed E-state index contributed by atoms with van der Waals surface area (Å²) < 4.78 is 1.13. The SMILES string of the molecule is O=c1[nH]c(=O)c2sc(SCc3ccc(Cl)nc3)nc2[nH]1. The molecule has 0 aliphatic carbocycles. The van der Waals surface area contributed by atoms with Crippen molar-refractivity contribution in [3.63, 3.8) is 0 Å². The quantitative estimate of drug-likeness (QED) is 0.567. The average Bonchev–Trinajstić information content (AvgIpc) is 2.81. The molecule has 0 fully saturated rings. The topological polar surface area (TPSA) is 91.5 Å². The predicted octanol–water partition coefficient (Wildman–Crippen LogP) is 2.01. The Morgan fingerprint density at radius 2 is 2.15 bits per heavy atom. The van der Waals surface area contributed by atoms with E-state index in [0.717, 1.165) is 5.56 Å². The largest absolute Gasteiger partial charge is 0.327 e. The Morgan fingerprint density at radius 3 is 2.90 bits per heavy atom. The molecule has 20 heavy (non-hydrogen) atoms. The first-order valence-corrected chi connectivity index (χ1v) is 7.66. The molecule has 0 spiro atoms. The van der Waals surface area contributed by atoms with E-state index in [4.69, 9.17) is 11.6 Å². The van der Waals surface area contributed by atoms with Crippen LogP contribution in [0.1, 0.15) is 5.56 Å². The molecule has 0 unspecified atom stereocenters. The number of H-pyrrole nitrogens is 2. The summed E-state index contributed by atoms with van der Waals surface area (Å²) in [6.45, 7) is 0. The molecule has 0 radical (unpaired) electrons. The molecule has 3 aromatic heterocycles. The van der Waals surface area contributed by atoms with Crippen LogP contribution in [0.4, 0.5) is 0 Å². The average molecular weight is 327 g/mol. The Kier molecular flexibility index (Phi) is 3.60.